The van der Waals surface area contributed by atoms with Gasteiger partial charge in [0.2, 0.25) is 10.0 Å². The van der Waals surface area contributed by atoms with Crippen LogP contribution in [0.2, 0.25) is 0 Å². The van der Waals surface area contributed by atoms with E-state index in [-0.39, 0.29) is 16.4 Å². The van der Waals surface area contributed by atoms with Gasteiger partial charge in [-0.05, 0) is 36.2 Å². The number of nitrogens with zero attached hydrogens (tertiary/aromatic N) is 1. The zero-order valence-corrected chi connectivity index (χ0v) is 13.0. The van der Waals surface area contributed by atoms with Gasteiger partial charge in [-0.15, -0.1) is 0 Å². The van der Waals surface area contributed by atoms with E-state index in [0.29, 0.717) is 5.56 Å². The minimum atomic E-state index is -3.62. The molecule has 1 aromatic heterocycles. The van der Waals surface area contributed by atoms with Crippen molar-refractivity contribution in [2.75, 3.05) is 0 Å². The second kappa shape index (κ2) is 6.30. The molecule has 0 saturated heterocycles. The molecule has 5 nitrogen and oxygen atoms in total. The van der Waals surface area contributed by atoms with E-state index in [1.54, 1.807) is 30.6 Å². The molecule has 3 N–H and O–H groups in total. The Morgan fingerprint density at radius 3 is 2.81 bits per heavy atom. The van der Waals surface area contributed by atoms with E-state index in [1.165, 1.54) is 12.1 Å². The number of aryl methyl sites for hydroxylation is 1. The summed E-state index contributed by atoms with van der Waals surface area (Å²) in [6.07, 6.45) is 3.32. The van der Waals surface area contributed by atoms with E-state index >= 15 is 0 Å². The lowest BCUT2D eigenvalue weighted by molar-refractivity contribution is 0.581. The average Bonchev–Trinajstić information content (AvgIpc) is 2.46. The smallest absolute Gasteiger partial charge is 0.240 e. The quantitative estimate of drug-likeness (QED) is 0.815. The highest BCUT2D eigenvalue weighted by atomic mass is 32.2. The summed E-state index contributed by atoms with van der Waals surface area (Å²) in [5.74, 6) is 0. The summed E-state index contributed by atoms with van der Waals surface area (Å²) < 4.78 is 27.1. The molecular weight excluding hydrogens is 306 g/mol. The molecule has 0 fully saturated rings. The molecule has 0 amide bonds. The molecule has 0 bridgehead atoms. The highest BCUT2D eigenvalue weighted by Crippen LogP contribution is 2.13. The average molecular weight is 321 g/mol. The molecule has 2 aromatic rings. The van der Waals surface area contributed by atoms with Crippen LogP contribution in [0.15, 0.2) is 47.6 Å². The molecule has 0 aliphatic heterocycles. The predicted molar refractivity (Wildman–Crippen MR) is 85.3 cm³/mol. The molecule has 1 aromatic carbocycles. The van der Waals surface area contributed by atoms with Crippen molar-refractivity contribution in [2.45, 2.75) is 18.4 Å². The minimum Gasteiger partial charge on any atom is -0.389 e. The lowest BCUT2D eigenvalue weighted by Gasteiger charge is -2.09. The maximum absolute atomic E-state index is 12.3. The van der Waals surface area contributed by atoms with Gasteiger partial charge < -0.3 is 5.73 Å². The van der Waals surface area contributed by atoms with E-state index in [1.807, 2.05) is 6.92 Å². The van der Waals surface area contributed by atoms with Gasteiger partial charge in [0.15, 0.2) is 0 Å². The van der Waals surface area contributed by atoms with E-state index in [9.17, 15) is 8.42 Å². The van der Waals surface area contributed by atoms with Crippen LogP contribution in [0, 0.1) is 6.92 Å². The Bertz CT molecular complexity index is 773. The summed E-state index contributed by atoms with van der Waals surface area (Å²) >= 11 is 4.86. The number of hydrogen-bond acceptors (Lipinski definition) is 4. The number of nitrogens with two attached hydrogens (primary N) is 1. The van der Waals surface area contributed by atoms with Crippen molar-refractivity contribution < 1.29 is 8.42 Å². The maximum atomic E-state index is 12.3. The third-order valence-corrected chi connectivity index (χ3v) is 4.65. The summed E-state index contributed by atoms with van der Waals surface area (Å²) in [5.41, 5.74) is 7.84. The first-order chi connectivity index (χ1) is 9.90. The molecule has 0 unspecified atom stereocenters. The number of benzene rings is 1. The SMILES string of the molecule is Cc1cnccc1CNS(=O)(=O)c1cccc(C(N)=S)c1. The first-order valence-corrected chi connectivity index (χ1v) is 8.08. The van der Waals surface area contributed by atoms with Crippen molar-refractivity contribution in [3.63, 3.8) is 0 Å². The fourth-order valence-electron chi connectivity index (χ4n) is 1.77. The van der Waals surface area contributed by atoms with Gasteiger partial charge in [0.05, 0.1) is 4.90 Å². The Morgan fingerprint density at radius 2 is 2.14 bits per heavy atom. The third-order valence-electron chi connectivity index (χ3n) is 3.02. The van der Waals surface area contributed by atoms with Crippen molar-refractivity contribution in [2.24, 2.45) is 5.73 Å². The molecular formula is C14H15N3O2S2. The number of rotatable bonds is 5. The summed E-state index contributed by atoms with van der Waals surface area (Å²) in [4.78, 5) is 4.28. The monoisotopic (exact) mass is 321 g/mol. The van der Waals surface area contributed by atoms with Crippen LogP contribution in [-0.2, 0) is 16.6 Å². The molecule has 21 heavy (non-hydrogen) atoms. The fraction of sp³-hybridized carbons (Fsp3) is 0.143. The van der Waals surface area contributed by atoms with Crippen molar-refractivity contribution in [1.82, 2.24) is 9.71 Å². The van der Waals surface area contributed by atoms with E-state index in [4.69, 9.17) is 18.0 Å². The first kappa shape index (κ1) is 15.6. The summed E-state index contributed by atoms with van der Waals surface area (Å²) in [6, 6.07) is 8.03. The minimum absolute atomic E-state index is 0.138. The van der Waals surface area contributed by atoms with Gasteiger partial charge >= 0.3 is 0 Å². The van der Waals surface area contributed by atoms with Crippen LogP contribution in [0.5, 0.6) is 0 Å². The van der Waals surface area contributed by atoms with Gasteiger partial charge in [-0.25, -0.2) is 13.1 Å². The Morgan fingerprint density at radius 1 is 1.38 bits per heavy atom. The van der Waals surface area contributed by atoms with Crippen molar-refractivity contribution in [1.29, 1.82) is 0 Å². The normalized spacial score (nSPS) is 11.3. The lowest BCUT2D eigenvalue weighted by Crippen LogP contribution is -2.24. The number of hydrogen-bond donors (Lipinski definition) is 2. The molecule has 0 saturated carbocycles. The van der Waals surface area contributed by atoms with Crippen LogP contribution in [0.25, 0.3) is 0 Å². The fourth-order valence-corrected chi connectivity index (χ4v) is 2.95. The van der Waals surface area contributed by atoms with Crippen LogP contribution in [0.3, 0.4) is 0 Å². The van der Waals surface area contributed by atoms with Crippen molar-refractivity contribution in [3.8, 4) is 0 Å². The van der Waals surface area contributed by atoms with E-state index in [2.05, 4.69) is 9.71 Å². The Hall–Kier alpha value is -1.83. The van der Waals surface area contributed by atoms with Crippen LogP contribution in [0.1, 0.15) is 16.7 Å². The van der Waals surface area contributed by atoms with E-state index in [0.717, 1.165) is 11.1 Å². The Balaban J connectivity index is 2.21. The Kier molecular flexibility index (Phi) is 4.66. The summed E-state index contributed by atoms with van der Waals surface area (Å²) in [7, 11) is -3.62. The molecule has 0 atom stereocenters. The number of nitrogens with one attached hydrogen (secondary N) is 1. The van der Waals surface area contributed by atoms with Gasteiger partial charge in [0.25, 0.3) is 0 Å². The van der Waals surface area contributed by atoms with Crippen LogP contribution >= 0.6 is 12.2 Å². The Labute approximate surface area is 129 Å². The van der Waals surface area contributed by atoms with Crippen molar-refractivity contribution >= 4 is 27.2 Å². The maximum Gasteiger partial charge on any atom is 0.240 e. The highest BCUT2D eigenvalue weighted by molar-refractivity contribution is 7.89. The number of thiocarbonyl (C=S) groups is 1. The first-order valence-electron chi connectivity index (χ1n) is 6.19. The van der Waals surface area contributed by atoms with Gasteiger partial charge in [0.1, 0.15) is 4.99 Å². The van der Waals surface area contributed by atoms with Crippen molar-refractivity contribution in [3.05, 3.63) is 59.4 Å². The molecule has 1 heterocycles. The van der Waals surface area contributed by atoms with Gasteiger partial charge in [-0.3, -0.25) is 4.98 Å². The molecule has 0 spiro atoms. The molecule has 0 aliphatic carbocycles. The third kappa shape index (κ3) is 3.84. The molecule has 0 radical (unpaired) electrons. The number of aromatic nitrogens is 1. The lowest BCUT2D eigenvalue weighted by atomic mass is 10.2. The van der Waals surface area contributed by atoms with Crippen LogP contribution in [0.4, 0.5) is 0 Å². The number of pyridine rings is 1. The molecule has 0 aliphatic rings. The molecule has 110 valence electrons. The van der Waals surface area contributed by atoms with Gasteiger partial charge in [0, 0.05) is 24.5 Å². The molecule has 2 rings (SSSR count). The van der Waals surface area contributed by atoms with Crippen LogP contribution < -0.4 is 10.5 Å². The predicted octanol–water partition coefficient (Wildman–Crippen LogP) is 1.50. The zero-order valence-electron chi connectivity index (χ0n) is 11.4. The second-order valence-corrected chi connectivity index (χ2v) is 6.73. The van der Waals surface area contributed by atoms with Gasteiger partial charge in [-0.1, -0.05) is 24.4 Å². The highest BCUT2D eigenvalue weighted by Gasteiger charge is 2.15. The number of sulfonamides is 1. The summed E-state index contributed by atoms with van der Waals surface area (Å²) in [5, 5.41) is 0. The van der Waals surface area contributed by atoms with Crippen LogP contribution in [-0.4, -0.2) is 18.4 Å². The largest absolute Gasteiger partial charge is 0.389 e. The molecule has 7 heteroatoms. The standard InChI is InChI=1S/C14H15N3O2S2/c1-10-8-16-6-5-12(10)9-17-21(18,19)13-4-2-3-11(7-13)14(15)20/h2-8,17H,9H2,1H3,(H2,15,20). The topological polar surface area (TPSA) is 85.1 Å². The second-order valence-electron chi connectivity index (χ2n) is 4.52. The zero-order chi connectivity index (χ0) is 15.5. The van der Waals surface area contributed by atoms with Gasteiger partial charge in [-0.2, -0.15) is 0 Å². The summed E-state index contributed by atoms with van der Waals surface area (Å²) in [6.45, 7) is 2.08. The van der Waals surface area contributed by atoms with E-state index < -0.39 is 10.0 Å².